The van der Waals surface area contributed by atoms with E-state index in [2.05, 4.69) is 30.5 Å². The molecule has 2 N–H and O–H groups in total. The minimum Gasteiger partial charge on any atom is -0.493 e. The van der Waals surface area contributed by atoms with Gasteiger partial charge < -0.3 is 20.1 Å². The maximum atomic E-state index is 14.0. The average Bonchev–Trinajstić information content (AvgIpc) is 3.81. The molecule has 0 aliphatic heterocycles. The third-order valence-corrected chi connectivity index (χ3v) is 10.5. The van der Waals surface area contributed by atoms with E-state index in [1.807, 2.05) is 41.5 Å². The van der Waals surface area contributed by atoms with Gasteiger partial charge in [0.05, 0.1) is 49.2 Å². The number of halogens is 2. The standard InChI is InChI=1S/C36H47F2N6O7PS/c1-35(2,3)50-52(46,51-36(4,5)6)49-17-15-44(23-12-13-23)14-9-16-48-30-20-28-25(19-29(30)47-7)33(41-22-40-28)43-34-39-21-24(53-34)18-31(45)42-27-11-8-10-26(37)32(27)38/h8,10-11,19-23H,9,12-18H2,1-7H3,(H,42,45)(H,39,40,41,43). The van der Waals surface area contributed by atoms with E-state index in [9.17, 15) is 18.1 Å². The highest BCUT2D eigenvalue weighted by Crippen LogP contribution is 2.55. The molecule has 13 nitrogen and oxygen atoms in total. The van der Waals surface area contributed by atoms with Crippen molar-refractivity contribution in [1.29, 1.82) is 0 Å². The van der Waals surface area contributed by atoms with E-state index in [-0.39, 0.29) is 18.7 Å². The van der Waals surface area contributed by atoms with Crippen LogP contribution in [0.4, 0.5) is 25.4 Å². The summed E-state index contributed by atoms with van der Waals surface area (Å²) >= 11 is 1.22. The van der Waals surface area contributed by atoms with Crippen molar-refractivity contribution in [1.82, 2.24) is 19.9 Å². The number of fused-ring (bicyclic) bond motifs is 1. The van der Waals surface area contributed by atoms with Crippen LogP contribution in [-0.4, -0.2) is 76.4 Å². The molecule has 53 heavy (non-hydrogen) atoms. The van der Waals surface area contributed by atoms with Crippen LogP contribution in [0.1, 0.15) is 65.7 Å². The van der Waals surface area contributed by atoms with E-state index in [0.29, 0.717) is 57.4 Å². The van der Waals surface area contributed by atoms with Gasteiger partial charge in [-0.2, -0.15) is 0 Å². The zero-order valence-corrected chi connectivity index (χ0v) is 32.7. The molecule has 5 rings (SSSR count). The molecule has 1 saturated carbocycles. The molecule has 2 heterocycles. The summed E-state index contributed by atoms with van der Waals surface area (Å²) < 4.78 is 70.0. The number of carbonyl (C=O) groups is 1. The highest BCUT2D eigenvalue weighted by molar-refractivity contribution is 7.48. The van der Waals surface area contributed by atoms with Crippen LogP contribution in [0.5, 0.6) is 11.5 Å². The number of thiazole rings is 1. The Kier molecular flexibility index (Phi) is 13.1. The molecule has 0 atom stereocenters. The number of anilines is 3. The van der Waals surface area contributed by atoms with E-state index in [1.165, 1.54) is 36.0 Å². The summed E-state index contributed by atoms with van der Waals surface area (Å²) in [6.07, 6.45) is 5.79. The van der Waals surface area contributed by atoms with Crippen LogP contribution in [0, 0.1) is 11.6 Å². The van der Waals surface area contributed by atoms with Crippen LogP contribution >= 0.6 is 19.2 Å². The largest absolute Gasteiger partial charge is 0.493 e. The third kappa shape index (κ3) is 12.1. The molecule has 0 saturated heterocycles. The van der Waals surface area contributed by atoms with Crippen LogP contribution in [0.15, 0.2) is 42.9 Å². The van der Waals surface area contributed by atoms with Gasteiger partial charge >= 0.3 is 7.82 Å². The van der Waals surface area contributed by atoms with Gasteiger partial charge in [0.25, 0.3) is 0 Å². The van der Waals surface area contributed by atoms with Gasteiger partial charge in [-0.3, -0.25) is 23.3 Å². The zero-order valence-electron chi connectivity index (χ0n) is 31.0. The van der Waals surface area contributed by atoms with Crippen LogP contribution in [0.2, 0.25) is 0 Å². The number of nitrogens with one attached hydrogen (secondary N) is 2. The molecule has 0 spiro atoms. The topological polar surface area (TPSA) is 146 Å². The van der Waals surface area contributed by atoms with E-state index < -0.39 is 36.6 Å². The Balaban J connectivity index is 1.15. The number of phosphoric acid groups is 1. The first-order chi connectivity index (χ1) is 25.0. The molecule has 0 unspecified atom stereocenters. The van der Waals surface area contributed by atoms with Gasteiger partial charge in [-0.15, -0.1) is 11.3 Å². The van der Waals surface area contributed by atoms with Gasteiger partial charge in [0.2, 0.25) is 5.91 Å². The fraction of sp³-hybridized carbons (Fsp3) is 0.500. The molecule has 1 amide bonds. The Labute approximate surface area is 312 Å². The second-order valence-corrected chi connectivity index (χ2v) is 17.1. The first-order valence-corrected chi connectivity index (χ1v) is 19.6. The van der Waals surface area contributed by atoms with Gasteiger partial charge in [0.15, 0.2) is 28.3 Å². The lowest BCUT2D eigenvalue weighted by Gasteiger charge is -2.31. The van der Waals surface area contributed by atoms with E-state index in [4.69, 9.17) is 23.0 Å². The van der Waals surface area contributed by atoms with Crippen molar-refractivity contribution >= 4 is 52.6 Å². The van der Waals surface area contributed by atoms with E-state index >= 15 is 0 Å². The number of nitrogens with zero attached hydrogens (tertiary/aromatic N) is 4. The third-order valence-electron chi connectivity index (χ3n) is 7.57. The molecule has 2 aromatic carbocycles. The van der Waals surface area contributed by atoms with Crippen LogP contribution < -0.4 is 20.1 Å². The summed E-state index contributed by atoms with van der Waals surface area (Å²) in [4.78, 5) is 28.6. The fourth-order valence-corrected chi connectivity index (χ4v) is 7.92. The minimum atomic E-state index is -3.79. The Morgan fingerprint density at radius 2 is 1.74 bits per heavy atom. The van der Waals surface area contributed by atoms with Gasteiger partial charge in [0, 0.05) is 41.7 Å². The predicted octanol–water partition coefficient (Wildman–Crippen LogP) is 8.29. The summed E-state index contributed by atoms with van der Waals surface area (Å²) in [5, 5.41) is 6.70. The number of amides is 1. The first kappa shape index (κ1) is 40.4. The number of ether oxygens (including phenoxy) is 2. The summed E-state index contributed by atoms with van der Waals surface area (Å²) in [6.45, 7) is 12.8. The zero-order chi connectivity index (χ0) is 38.4. The normalized spacial score (nSPS) is 13.8. The molecule has 0 radical (unpaired) electrons. The predicted molar refractivity (Wildman–Crippen MR) is 200 cm³/mol. The lowest BCUT2D eigenvalue weighted by molar-refractivity contribution is -0.115. The maximum absolute atomic E-state index is 14.0. The van der Waals surface area contributed by atoms with Crippen molar-refractivity contribution in [3.05, 3.63) is 59.4 Å². The summed E-state index contributed by atoms with van der Waals surface area (Å²) in [5.74, 6) is -1.17. The van der Waals surface area contributed by atoms with Gasteiger partial charge in [0.1, 0.15) is 12.1 Å². The summed E-state index contributed by atoms with van der Waals surface area (Å²) in [5.41, 5.74) is -1.02. The van der Waals surface area contributed by atoms with E-state index in [1.54, 1.807) is 19.2 Å². The van der Waals surface area contributed by atoms with Crippen molar-refractivity contribution in [3.8, 4) is 11.5 Å². The number of phosphoric ester groups is 1. The number of methoxy groups -OCH3 is 1. The second kappa shape index (κ2) is 17.1. The second-order valence-electron chi connectivity index (χ2n) is 14.5. The number of carbonyl (C=O) groups excluding carboxylic acids is 1. The van der Waals surface area contributed by atoms with E-state index in [0.717, 1.165) is 31.9 Å². The SMILES string of the molecule is COc1cc2c(Nc3ncc(CC(=O)Nc4cccc(F)c4F)s3)ncnc2cc1OCCCN(CCOP(=O)(OC(C)(C)C)OC(C)(C)C)C1CC1. The van der Waals surface area contributed by atoms with Gasteiger partial charge in [-0.25, -0.2) is 28.3 Å². The molecule has 2 aromatic heterocycles. The maximum Gasteiger partial charge on any atom is 0.475 e. The molecule has 0 bridgehead atoms. The number of benzene rings is 2. The van der Waals surface area contributed by atoms with Crippen LogP contribution in [-0.2, 0) is 29.4 Å². The lowest BCUT2D eigenvalue weighted by atomic mass is 10.2. The Morgan fingerprint density at radius 1 is 1.00 bits per heavy atom. The monoisotopic (exact) mass is 776 g/mol. The molecular weight excluding hydrogens is 729 g/mol. The molecule has 1 fully saturated rings. The molecule has 1 aliphatic rings. The van der Waals surface area contributed by atoms with Crippen molar-refractivity contribution in [2.75, 3.05) is 44.0 Å². The number of hydrogen-bond acceptors (Lipinski definition) is 13. The molecule has 288 valence electrons. The Hall–Kier alpha value is -3.79. The minimum absolute atomic E-state index is 0.0819. The lowest BCUT2D eigenvalue weighted by Crippen LogP contribution is -2.32. The van der Waals surface area contributed by atoms with Crippen LogP contribution in [0.3, 0.4) is 0 Å². The average molecular weight is 777 g/mol. The molecular formula is C36H47F2N6O7PS. The van der Waals surface area contributed by atoms with Crippen molar-refractivity contribution in [2.24, 2.45) is 0 Å². The first-order valence-electron chi connectivity index (χ1n) is 17.3. The fourth-order valence-electron chi connectivity index (χ4n) is 5.32. The Bertz CT molecular complexity index is 1910. The molecule has 17 heteroatoms. The molecule has 4 aromatic rings. The van der Waals surface area contributed by atoms with Crippen molar-refractivity contribution in [3.63, 3.8) is 0 Å². The number of aromatic nitrogens is 3. The Morgan fingerprint density at radius 3 is 2.42 bits per heavy atom. The van der Waals surface area contributed by atoms with Crippen LogP contribution in [0.25, 0.3) is 10.9 Å². The highest BCUT2D eigenvalue weighted by atomic mass is 32.1. The summed E-state index contributed by atoms with van der Waals surface area (Å²) in [7, 11) is -2.23. The van der Waals surface area contributed by atoms with Gasteiger partial charge in [-0.1, -0.05) is 6.07 Å². The van der Waals surface area contributed by atoms with Crippen molar-refractivity contribution < 1.29 is 41.2 Å². The summed E-state index contributed by atoms with van der Waals surface area (Å²) in [6, 6.07) is 7.61. The quantitative estimate of drug-likeness (QED) is 0.0741. The molecule has 1 aliphatic carbocycles. The number of rotatable bonds is 18. The number of hydrogen-bond donors (Lipinski definition) is 2. The smallest absolute Gasteiger partial charge is 0.475 e. The van der Waals surface area contributed by atoms with Gasteiger partial charge in [-0.05, 0) is 79.0 Å². The highest BCUT2D eigenvalue weighted by Gasteiger charge is 2.38. The van der Waals surface area contributed by atoms with Crippen molar-refractivity contribution in [2.45, 2.75) is 84.5 Å².